The van der Waals surface area contributed by atoms with Crippen molar-refractivity contribution in [2.45, 2.75) is 46.3 Å². The summed E-state index contributed by atoms with van der Waals surface area (Å²) in [7, 11) is 0. The van der Waals surface area contributed by atoms with Crippen LogP contribution in [-0.2, 0) is 19.6 Å². The number of rotatable bonds is 5. The van der Waals surface area contributed by atoms with Crippen molar-refractivity contribution < 1.29 is 0 Å². The Kier molecular flexibility index (Phi) is 6.63. The molecule has 5 rings (SSSR count). The van der Waals surface area contributed by atoms with Crippen molar-refractivity contribution >= 4 is 34.9 Å². The van der Waals surface area contributed by atoms with Gasteiger partial charge in [-0.05, 0) is 54.6 Å². The van der Waals surface area contributed by atoms with Gasteiger partial charge in [0.1, 0.15) is 11.6 Å². The maximum absolute atomic E-state index is 5.58. The SMILES string of the molecule is Cc1ccc(CNC(=S)Nc2nc(N3Cc4ccccc4C3)cc(N3CCC[C@H](C)C3)n2)cc1. The first-order valence-corrected chi connectivity index (χ1v) is 12.5. The molecule has 6 nitrogen and oxygen atoms in total. The van der Waals surface area contributed by atoms with Crippen LogP contribution in [0.3, 0.4) is 0 Å². The number of hydrogen-bond donors (Lipinski definition) is 2. The van der Waals surface area contributed by atoms with E-state index in [0.717, 1.165) is 37.8 Å². The number of aryl methyl sites for hydroxylation is 1. The van der Waals surface area contributed by atoms with E-state index in [9.17, 15) is 0 Å². The molecule has 3 heterocycles. The fourth-order valence-electron chi connectivity index (χ4n) is 4.73. The molecule has 1 atom stereocenters. The van der Waals surface area contributed by atoms with E-state index in [0.29, 0.717) is 23.5 Å². The van der Waals surface area contributed by atoms with Crippen molar-refractivity contribution in [2.75, 3.05) is 28.2 Å². The van der Waals surface area contributed by atoms with Gasteiger partial charge in [-0.2, -0.15) is 9.97 Å². The van der Waals surface area contributed by atoms with Gasteiger partial charge in [-0.25, -0.2) is 0 Å². The minimum Gasteiger partial charge on any atom is -0.358 e. The first-order chi connectivity index (χ1) is 16.5. The van der Waals surface area contributed by atoms with E-state index >= 15 is 0 Å². The molecule has 0 radical (unpaired) electrons. The van der Waals surface area contributed by atoms with Crippen LogP contribution in [-0.4, -0.2) is 28.2 Å². The summed E-state index contributed by atoms with van der Waals surface area (Å²) in [5, 5.41) is 7.06. The number of fused-ring (bicyclic) bond motifs is 1. The molecule has 34 heavy (non-hydrogen) atoms. The molecule has 1 aromatic heterocycles. The van der Waals surface area contributed by atoms with Crippen molar-refractivity contribution in [1.82, 2.24) is 15.3 Å². The van der Waals surface area contributed by atoms with Crippen molar-refractivity contribution in [3.8, 4) is 0 Å². The molecular weight excluding hydrogens is 440 g/mol. The van der Waals surface area contributed by atoms with Crippen molar-refractivity contribution in [2.24, 2.45) is 5.92 Å². The molecule has 0 aliphatic carbocycles. The van der Waals surface area contributed by atoms with Gasteiger partial charge in [0.05, 0.1) is 0 Å². The molecule has 2 N–H and O–H groups in total. The van der Waals surface area contributed by atoms with E-state index in [2.05, 4.69) is 88.9 Å². The molecule has 1 saturated heterocycles. The second kappa shape index (κ2) is 9.97. The Morgan fingerprint density at radius 2 is 1.68 bits per heavy atom. The standard InChI is InChI=1S/C27H32N6S/c1-19-9-11-21(12-10-19)15-28-27(34)31-26-29-24(32-13-5-6-20(2)16-32)14-25(30-26)33-17-22-7-3-4-8-23(22)18-33/h3-4,7-12,14,20H,5-6,13,15-18H2,1-2H3,(H2,28,29,30,31,34)/t20-/m0/s1. The topological polar surface area (TPSA) is 56.3 Å². The van der Waals surface area contributed by atoms with Gasteiger partial charge in [0, 0.05) is 38.8 Å². The normalized spacial score (nSPS) is 17.4. The van der Waals surface area contributed by atoms with Crippen LogP contribution in [0.5, 0.6) is 0 Å². The van der Waals surface area contributed by atoms with Crippen LogP contribution in [0.2, 0.25) is 0 Å². The third kappa shape index (κ3) is 5.30. The second-order valence-corrected chi connectivity index (χ2v) is 9.93. The van der Waals surface area contributed by atoms with E-state index < -0.39 is 0 Å². The van der Waals surface area contributed by atoms with Gasteiger partial charge < -0.3 is 20.4 Å². The van der Waals surface area contributed by atoms with Crippen molar-refractivity contribution in [3.63, 3.8) is 0 Å². The second-order valence-electron chi connectivity index (χ2n) is 9.52. The zero-order valence-corrected chi connectivity index (χ0v) is 20.7. The summed E-state index contributed by atoms with van der Waals surface area (Å²) in [4.78, 5) is 14.4. The molecule has 3 aromatic rings. The van der Waals surface area contributed by atoms with Crippen LogP contribution in [0.15, 0.2) is 54.6 Å². The molecule has 2 aliphatic rings. The summed E-state index contributed by atoms with van der Waals surface area (Å²) in [5.74, 6) is 3.11. The molecule has 176 valence electrons. The number of nitrogens with zero attached hydrogens (tertiary/aromatic N) is 4. The molecule has 2 aliphatic heterocycles. The van der Waals surface area contributed by atoms with Gasteiger partial charge in [0.2, 0.25) is 5.95 Å². The predicted octanol–water partition coefficient (Wildman–Crippen LogP) is 5.03. The molecular formula is C27H32N6S. The first kappa shape index (κ1) is 22.6. The van der Waals surface area contributed by atoms with Crippen LogP contribution in [0.4, 0.5) is 17.6 Å². The summed E-state index contributed by atoms with van der Waals surface area (Å²) in [6, 6.07) is 19.2. The number of hydrogen-bond acceptors (Lipinski definition) is 5. The molecule has 0 unspecified atom stereocenters. The first-order valence-electron chi connectivity index (χ1n) is 12.1. The maximum atomic E-state index is 5.58. The van der Waals surface area contributed by atoms with E-state index in [1.807, 2.05) is 0 Å². The lowest BCUT2D eigenvalue weighted by atomic mass is 10.0. The lowest BCUT2D eigenvalue weighted by molar-refractivity contribution is 0.444. The minimum absolute atomic E-state index is 0.528. The average molecular weight is 473 g/mol. The largest absolute Gasteiger partial charge is 0.358 e. The van der Waals surface area contributed by atoms with Gasteiger partial charge in [-0.15, -0.1) is 0 Å². The zero-order chi connectivity index (χ0) is 23.5. The molecule has 2 aromatic carbocycles. The van der Waals surface area contributed by atoms with Gasteiger partial charge >= 0.3 is 0 Å². The van der Waals surface area contributed by atoms with Crippen LogP contribution in [0.25, 0.3) is 0 Å². The predicted molar refractivity (Wildman–Crippen MR) is 143 cm³/mol. The molecule has 7 heteroatoms. The monoisotopic (exact) mass is 472 g/mol. The quantitative estimate of drug-likeness (QED) is 0.505. The maximum Gasteiger partial charge on any atom is 0.232 e. The number of anilines is 3. The van der Waals surface area contributed by atoms with Gasteiger partial charge in [0.15, 0.2) is 5.11 Å². The fraction of sp³-hybridized carbons (Fsp3) is 0.370. The summed E-state index contributed by atoms with van der Waals surface area (Å²) in [6.45, 7) is 8.83. The summed E-state index contributed by atoms with van der Waals surface area (Å²) in [6.07, 6.45) is 2.46. The highest BCUT2D eigenvalue weighted by Gasteiger charge is 2.24. The zero-order valence-electron chi connectivity index (χ0n) is 19.9. The molecule has 0 spiro atoms. The number of aromatic nitrogens is 2. The van der Waals surface area contributed by atoms with Crippen molar-refractivity contribution in [3.05, 3.63) is 76.9 Å². The molecule has 0 amide bonds. The highest BCUT2D eigenvalue weighted by atomic mass is 32.1. The number of piperidine rings is 1. The van der Waals surface area contributed by atoms with Gasteiger partial charge in [-0.1, -0.05) is 61.0 Å². The number of thiocarbonyl (C=S) groups is 1. The third-order valence-corrected chi connectivity index (χ3v) is 6.89. The fourth-order valence-corrected chi connectivity index (χ4v) is 4.89. The van der Waals surface area contributed by atoms with Crippen LogP contribution in [0, 0.1) is 12.8 Å². The summed E-state index contributed by atoms with van der Waals surface area (Å²) in [5.41, 5.74) is 5.15. The lowest BCUT2D eigenvalue weighted by Gasteiger charge is -2.32. The Morgan fingerprint density at radius 1 is 1.00 bits per heavy atom. The minimum atomic E-state index is 0.528. The molecule has 0 saturated carbocycles. The third-order valence-electron chi connectivity index (χ3n) is 6.64. The van der Waals surface area contributed by atoms with E-state index in [1.165, 1.54) is 35.1 Å². The number of benzene rings is 2. The molecule has 0 bridgehead atoms. The number of nitrogens with one attached hydrogen (secondary N) is 2. The van der Waals surface area contributed by atoms with E-state index in [4.69, 9.17) is 22.2 Å². The van der Waals surface area contributed by atoms with Gasteiger partial charge in [-0.3, -0.25) is 0 Å². The van der Waals surface area contributed by atoms with E-state index in [-0.39, 0.29) is 0 Å². The highest BCUT2D eigenvalue weighted by Crippen LogP contribution is 2.31. The summed E-state index contributed by atoms with van der Waals surface area (Å²) < 4.78 is 0. The Bertz CT molecular complexity index is 1140. The smallest absolute Gasteiger partial charge is 0.232 e. The molecule has 1 fully saturated rings. The average Bonchev–Trinajstić information content (AvgIpc) is 3.28. The lowest BCUT2D eigenvalue weighted by Crippen LogP contribution is -2.35. The van der Waals surface area contributed by atoms with Crippen LogP contribution >= 0.6 is 12.2 Å². The Morgan fingerprint density at radius 3 is 2.35 bits per heavy atom. The van der Waals surface area contributed by atoms with E-state index in [1.54, 1.807) is 0 Å². The van der Waals surface area contributed by atoms with Gasteiger partial charge in [0.25, 0.3) is 0 Å². The van der Waals surface area contributed by atoms with Crippen LogP contribution in [0.1, 0.15) is 42.0 Å². The Labute approximate surface area is 207 Å². The summed E-state index contributed by atoms with van der Waals surface area (Å²) >= 11 is 5.58. The Hall–Kier alpha value is -3.19. The Balaban J connectivity index is 1.35. The van der Waals surface area contributed by atoms with Crippen molar-refractivity contribution in [1.29, 1.82) is 0 Å². The van der Waals surface area contributed by atoms with Crippen LogP contribution < -0.4 is 20.4 Å². The highest BCUT2D eigenvalue weighted by molar-refractivity contribution is 7.80.